The first-order valence-corrected chi connectivity index (χ1v) is 9.35. The first-order valence-electron chi connectivity index (χ1n) is 9.35. The molecule has 2 aromatic rings. The SMILES string of the molecule is CO[C@@H]1CN(c2ccnc(N(C)C)n2)C[C@@H]1NCc1cc2n(n1)CCCO2. The first kappa shape index (κ1) is 18.0. The Balaban J connectivity index is 1.41. The van der Waals surface area contributed by atoms with Crippen LogP contribution in [0.15, 0.2) is 18.3 Å². The molecule has 0 aromatic carbocycles. The maximum Gasteiger partial charge on any atom is 0.226 e. The summed E-state index contributed by atoms with van der Waals surface area (Å²) in [5.41, 5.74) is 0.997. The summed E-state index contributed by atoms with van der Waals surface area (Å²) in [6.45, 7) is 4.01. The number of nitrogens with one attached hydrogen (secondary N) is 1. The van der Waals surface area contributed by atoms with Crippen molar-refractivity contribution in [1.82, 2.24) is 25.1 Å². The van der Waals surface area contributed by atoms with Gasteiger partial charge in [-0.05, 0) is 6.07 Å². The number of aromatic nitrogens is 4. The molecule has 2 aromatic heterocycles. The summed E-state index contributed by atoms with van der Waals surface area (Å²) in [4.78, 5) is 13.1. The lowest BCUT2D eigenvalue weighted by Crippen LogP contribution is -2.39. The molecular weight excluding hydrogens is 346 g/mol. The molecule has 4 rings (SSSR count). The van der Waals surface area contributed by atoms with Crippen molar-refractivity contribution >= 4 is 11.8 Å². The van der Waals surface area contributed by atoms with Gasteiger partial charge in [0.25, 0.3) is 0 Å². The number of anilines is 2. The molecule has 0 unspecified atom stereocenters. The Bertz CT molecular complexity index is 755. The standard InChI is InChI=1S/C18H27N7O2/c1-23(2)18-19-6-5-16(21-18)24-11-14(15(12-24)26-3)20-10-13-9-17-25(22-13)7-4-8-27-17/h5-6,9,14-15,20H,4,7-8,10-12H2,1-3H3/t14-,15+/m0/s1. The van der Waals surface area contributed by atoms with Gasteiger partial charge in [-0.2, -0.15) is 10.1 Å². The van der Waals surface area contributed by atoms with E-state index in [9.17, 15) is 0 Å². The number of aryl methyl sites for hydroxylation is 1. The second-order valence-electron chi connectivity index (χ2n) is 7.17. The van der Waals surface area contributed by atoms with Crippen molar-refractivity contribution in [3.05, 3.63) is 24.0 Å². The van der Waals surface area contributed by atoms with Crippen molar-refractivity contribution in [2.24, 2.45) is 0 Å². The zero-order chi connectivity index (χ0) is 18.8. The Kier molecular flexibility index (Phi) is 5.13. The smallest absolute Gasteiger partial charge is 0.226 e. The van der Waals surface area contributed by atoms with Crippen LogP contribution in [-0.2, 0) is 17.8 Å². The molecule has 0 radical (unpaired) electrons. The molecule has 1 fully saturated rings. The minimum Gasteiger partial charge on any atom is -0.478 e. The van der Waals surface area contributed by atoms with Gasteiger partial charge >= 0.3 is 0 Å². The van der Waals surface area contributed by atoms with Crippen LogP contribution in [0.25, 0.3) is 0 Å². The van der Waals surface area contributed by atoms with Gasteiger partial charge in [0.05, 0.1) is 24.4 Å². The third kappa shape index (κ3) is 3.84. The summed E-state index contributed by atoms with van der Waals surface area (Å²) in [6.07, 6.45) is 2.91. The zero-order valence-corrected chi connectivity index (χ0v) is 16.1. The average molecular weight is 373 g/mol. The predicted molar refractivity (Wildman–Crippen MR) is 102 cm³/mol. The molecule has 1 saturated heterocycles. The second kappa shape index (κ2) is 7.69. The van der Waals surface area contributed by atoms with Crippen LogP contribution in [0.2, 0.25) is 0 Å². The van der Waals surface area contributed by atoms with Crippen LogP contribution < -0.4 is 19.9 Å². The highest BCUT2D eigenvalue weighted by molar-refractivity contribution is 5.45. The molecule has 0 spiro atoms. The van der Waals surface area contributed by atoms with Crippen LogP contribution >= 0.6 is 0 Å². The zero-order valence-electron chi connectivity index (χ0n) is 16.1. The molecule has 1 N–H and O–H groups in total. The van der Waals surface area contributed by atoms with E-state index in [1.54, 1.807) is 13.3 Å². The third-order valence-electron chi connectivity index (χ3n) is 5.02. The summed E-state index contributed by atoms with van der Waals surface area (Å²) >= 11 is 0. The van der Waals surface area contributed by atoms with Crippen LogP contribution in [-0.4, -0.2) is 72.8 Å². The number of rotatable bonds is 6. The molecule has 2 atom stereocenters. The van der Waals surface area contributed by atoms with Gasteiger partial charge in [0.15, 0.2) is 0 Å². The lowest BCUT2D eigenvalue weighted by Gasteiger charge is -2.19. The summed E-state index contributed by atoms with van der Waals surface area (Å²) in [5.74, 6) is 2.50. The van der Waals surface area contributed by atoms with Crippen LogP contribution in [0.4, 0.5) is 11.8 Å². The lowest BCUT2D eigenvalue weighted by atomic mass is 10.2. The first-order chi connectivity index (χ1) is 13.1. The number of methoxy groups -OCH3 is 1. The summed E-state index contributed by atoms with van der Waals surface area (Å²) in [6, 6.07) is 4.17. The lowest BCUT2D eigenvalue weighted by molar-refractivity contribution is 0.0965. The predicted octanol–water partition coefficient (Wildman–Crippen LogP) is 0.515. The third-order valence-corrected chi connectivity index (χ3v) is 5.02. The molecule has 0 saturated carbocycles. The van der Waals surface area contributed by atoms with E-state index in [2.05, 4.69) is 25.3 Å². The summed E-state index contributed by atoms with van der Waals surface area (Å²) in [5, 5.41) is 8.21. The van der Waals surface area contributed by atoms with Crippen molar-refractivity contribution < 1.29 is 9.47 Å². The molecule has 146 valence electrons. The van der Waals surface area contributed by atoms with E-state index in [1.165, 1.54) is 0 Å². The largest absolute Gasteiger partial charge is 0.478 e. The van der Waals surface area contributed by atoms with Gasteiger partial charge < -0.3 is 24.6 Å². The van der Waals surface area contributed by atoms with E-state index in [0.717, 1.165) is 50.1 Å². The van der Waals surface area contributed by atoms with Crippen molar-refractivity contribution in [2.45, 2.75) is 31.7 Å². The van der Waals surface area contributed by atoms with Gasteiger partial charge in [-0.1, -0.05) is 0 Å². The minimum absolute atomic E-state index is 0.0938. The maximum atomic E-state index is 5.71. The highest BCUT2D eigenvalue weighted by atomic mass is 16.5. The number of fused-ring (bicyclic) bond motifs is 1. The topological polar surface area (TPSA) is 80.6 Å². The molecule has 27 heavy (non-hydrogen) atoms. The molecule has 9 heteroatoms. The van der Waals surface area contributed by atoms with E-state index in [1.807, 2.05) is 35.8 Å². The Morgan fingerprint density at radius 2 is 2.26 bits per heavy atom. The quantitative estimate of drug-likeness (QED) is 0.785. The van der Waals surface area contributed by atoms with E-state index >= 15 is 0 Å². The fraction of sp³-hybridized carbons (Fsp3) is 0.611. The summed E-state index contributed by atoms with van der Waals surface area (Å²) in [7, 11) is 5.65. The number of ether oxygens (including phenoxy) is 2. The Hall–Kier alpha value is -2.39. The second-order valence-corrected chi connectivity index (χ2v) is 7.17. The van der Waals surface area contributed by atoms with Gasteiger partial charge in [-0.15, -0.1) is 0 Å². The van der Waals surface area contributed by atoms with Gasteiger partial charge in [-0.3, -0.25) is 0 Å². The molecular formula is C18H27N7O2. The number of hydrogen-bond donors (Lipinski definition) is 1. The maximum absolute atomic E-state index is 5.71. The van der Waals surface area contributed by atoms with Crippen molar-refractivity contribution in [2.75, 3.05) is 50.7 Å². The Morgan fingerprint density at radius 3 is 3.04 bits per heavy atom. The number of hydrogen-bond acceptors (Lipinski definition) is 8. The highest BCUT2D eigenvalue weighted by Crippen LogP contribution is 2.22. The van der Waals surface area contributed by atoms with Crippen molar-refractivity contribution in [3.63, 3.8) is 0 Å². The van der Waals surface area contributed by atoms with Crippen LogP contribution in [0.1, 0.15) is 12.1 Å². The van der Waals surface area contributed by atoms with Gasteiger partial charge in [-0.25, -0.2) is 9.67 Å². The molecule has 4 heterocycles. The Labute approximate surface area is 159 Å². The summed E-state index contributed by atoms with van der Waals surface area (Å²) < 4.78 is 13.3. The molecule has 2 aliphatic heterocycles. The Morgan fingerprint density at radius 1 is 1.37 bits per heavy atom. The highest BCUT2D eigenvalue weighted by Gasteiger charge is 2.33. The van der Waals surface area contributed by atoms with Crippen LogP contribution in [0.3, 0.4) is 0 Å². The molecule has 0 aliphatic carbocycles. The van der Waals surface area contributed by atoms with Gasteiger partial charge in [0.2, 0.25) is 11.8 Å². The monoisotopic (exact) mass is 373 g/mol. The fourth-order valence-corrected chi connectivity index (χ4v) is 3.57. The van der Waals surface area contributed by atoms with E-state index in [-0.39, 0.29) is 12.1 Å². The molecule has 0 bridgehead atoms. The van der Waals surface area contributed by atoms with Gasteiger partial charge in [0.1, 0.15) is 5.82 Å². The normalized spacial score (nSPS) is 21.8. The molecule has 0 amide bonds. The minimum atomic E-state index is 0.0938. The van der Waals surface area contributed by atoms with E-state index < -0.39 is 0 Å². The number of nitrogens with zero attached hydrogens (tertiary/aromatic N) is 6. The van der Waals surface area contributed by atoms with Crippen molar-refractivity contribution in [3.8, 4) is 5.88 Å². The average Bonchev–Trinajstić information content (AvgIpc) is 3.29. The van der Waals surface area contributed by atoms with Gasteiger partial charge in [0, 0.05) is 66.1 Å². The van der Waals surface area contributed by atoms with E-state index in [0.29, 0.717) is 12.5 Å². The van der Waals surface area contributed by atoms with Crippen LogP contribution in [0, 0.1) is 0 Å². The molecule has 9 nitrogen and oxygen atoms in total. The van der Waals surface area contributed by atoms with E-state index in [4.69, 9.17) is 9.47 Å². The fourth-order valence-electron chi connectivity index (χ4n) is 3.57. The molecule has 2 aliphatic rings. The van der Waals surface area contributed by atoms with Crippen molar-refractivity contribution in [1.29, 1.82) is 0 Å². The van der Waals surface area contributed by atoms with Crippen LogP contribution in [0.5, 0.6) is 5.88 Å².